The van der Waals surface area contributed by atoms with Crippen molar-refractivity contribution >= 4 is 5.97 Å². The Morgan fingerprint density at radius 2 is 2.19 bits per heavy atom. The van der Waals surface area contributed by atoms with Gasteiger partial charge in [0.15, 0.2) is 0 Å². The molecular formula is C13H20O3. The Balaban J connectivity index is 2.25. The normalized spacial score (nSPS) is 38.8. The number of epoxide rings is 1. The van der Waals surface area contributed by atoms with Gasteiger partial charge in [-0.05, 0) is 44.6 Å². The lowest BCUT2D eigenvalue weighted by Gasteiger charge is -2.28. The molecule has 2 fully saturated rings. The van der Waals surface area contributed by atoms with Crippen LogP contribution in [0.1, 0.15) is 40.0 Å². The molecule has 0 amide bonds. The standard InChI is InChI=1S/C13H20O3/c1-9-5-6-13(12(2,3)16-13)10(7-9)8-11(14)15-4/h8-9H,5-7H2,1-4H3/b10-8+/t9-,13?/m1/s1. The van der Waals surface area contributed by atoms with Crippen molar-refractivity contribution in [1.82, 2.24) is 0 Å². The van der Waals surface area contributed by atoms with Crippen LogP contribution in [0.5, 0.6) is 0 Å². The fraction of sp³-hybridized carbons (Fsp3) is 0.769. The van der Waals surface area contributed by atoms with Gasteiger partial charge >= 0.3 is 5.97 Å². The maximum Gasteiger partial charge on any atom is 0.330 e. The third-order valence-electron chi connectivity index (χ3n) is 3.93. The molecule has 0 aromatic carbocycles. The minimum Gasteiger partial charge on any atom is -0.466 e. The van der Waals surface area contributed by atoms with Gasteiger partial charge in [-0.25, -0.2) is 4.79 Å². The third-order valence-corrected chi connectivity index (χ3v) is 3.93. The molecule has 2 atom stereocenters. The van der Waals surface area contributed by atoms with Gasteiger partial charge in [0, 0.05) is 6.08 Å². The molecule has 0 N–H and O–H groups in total. The monoisotopic (exact) mass is 224 g/mol. The first kappa shape index (κ1) is 11.6. The Hall–Kier alpha value is -0.830. The number of esters is 1. The summed E-state index contributed by atoms with van der Waals surface area (Å²) < 4.78 is 10.6. The van der Waals surface area contributed by atoms with Crippen molar-refractivity contribution in [2.75, 3.05) is 7.11 Å². The van der Waals surface area contributed by atoms with Gasteiger partial charge in [-0.2, -0.15) is 0 Å². The summed E-state index contributed by atoms with van der Waals surface area (Å²) in [5.41, 5.74) is 0.809. The summed E-state index contributed by atoms with van der Waals surface area (Å²) >= 11 is 0. The zero-order valence-electron chi connectivity index (χ0n) is 10.5. The molecule has 1 aliphatic carbocycles. The fourth-order valence-corrected chi connectivity index (χ4v) is 2.84. The van der Waals surface area contributed by atoms with Gasteiger partial charge in [0.25, 0.3) is 0 Å². The fourth-order valence-electron chi connectivity index (χ4n) is 2.84. The highest BCUT2D eigenvalue weighted by molar-refractivity contribution is 5.83. The predicted molar refractivity (Wildman–Crippen MR) is 61.0 cm³/mol. The van der Waals surface area contributed by atoms with Crippen molar-refractivity contribution in [3.05, 3.63) is 11.6 Å². The van der Waals surface area contributed by atoms with Crippen LogP contribution in [0, 0.1) is 5.92 Å². The number of ether oxygens (including phenoxy) is 2. The lowest BCUT2D eigenvalue weighted by atomic mass is 9.73. The van der Waals surface area contributed by atoms with E-state index in [4.69, 9.17) is 9.47 Å². The smallest absolute Gasteiger partial charge is 0.330 e. The van der Waals surface area contributed by atoms with E-state index in [0.29, 0.717) is 5.92 Å². The van der Waals surface area contributed by atoms with E-state index >= 15 is 0 Å². The Bertz CT molecular complexity index is 343. The lowest BCUT2D eigenvalue weighted by Crippen LogP contribution is -2.30. The molecule has 0 bridgehead atoms. The van der Waals surface area contributed by atoms with Crippen LogP contribution in [0.15, 0.2) is 11.6 Å². The van der Waals surface area contributed by atoms with E-state index in [0.717, 1.165) is 18.4 Å². The van der Waals surface area contributed by atoms with Crippen molar-refractivity contribution < 1.29 is 14.3 Å². The van der Waals surface area contributed by atoms with Crippen LogP contribution in [0.3, 0.4) is 0 Å². The van der Waals surface area contributed by atoms with Crippen molar-refractivity contribution in [2.24, 2.45) is 5.92 Å². The van der Waals surface area contributed by atoms with Crippen LogP contribution < -0.4 is 0 Å². The molecule has 2 aliphatic rings. The predicted octanol–water partition coefficient (Wildman–Crippen LogP) is 2.45. The third kappa shape index (κ3) is 1.67. The summed E-state index contributed by atoms with van der Waals surface area (Å²) in [5.74, 6) is 0.358. The van der Waals surface area contributed by atoms with Crippen LogP contribution in [-0.4, -0.2) is 24.3 Å². The molecule has 90 valence electrons. The average Bonchev–Trinajstić information content (AvgIpc) is 2.76. The highest BCUT2D eigenvalue weighted by Crippen LogP contribution is 2.59. The van der Waals surface area contributed by atoms with Gasteiger partial charge in [-0.1, -0.05) is 6.92 Å². The average molecular weight is 224 g/mol. The van der Waals surface area contributed by atoms with Gasteiger partial charge in [-0.3, -0.25) is 0 Å². The number of methoxy groups -OCH3 is 1. The second-order valence-corrected chi connectivity index (χ2v) is 5.48. The number of hydrogen-bond acceptors (Lipinski definition) is 3. The number of carbonyl (C=O) groups is 1. The van der Waals surface area contributed by atoms with Crippen LogP contribution in [0.2, 0.25) is 0 Å². The van der Waals surface area contributed by atoms with Gasteiger partial charge in [0.2, 0.25) is 0 Å². The summed E-state index contributed by atoms with van der Waals surface area (Å²) in [4.78, 5) is 11.4. The Morgan fingerprint density at radius 1 is 1.56 bits per heavy atom. The van der Waals surface area contributed by atoms with Gasteiger partial charge in [0.05, 0.1) is 12.7 Å². The molecule has 1 saturated carbocycles. The molecule has 1 unspecified atom stereocenters. The van der Waals surface area contributed by atoms with Crippen LogP contribution >= 0.6 is 0 Å². The SMILES string of the molecule is COC(=O)/C=C1\C[C@H](C)CCC12OC2(C)C. The van der Waals surface area contributed by atoms with E-state index in [1.165, 1.54) is 13.5 Å². The molecule has 0 aromatic heterocycles. The first-order valence-corrected chi connectivity index (χ1v) is 5.90. The molecule has 0 radical (unpaired) electrons. The van der Waals surface area contributed by atoms with Gasteiger partial charge < -0.3 is 9.47 Å². The number of hydrogen-bond donors (Lipinski definition) is 0. The summed E-state index contributed by atoms with van der Waals surface area (Å²) in [6.45, 7) is 6.40. The van der Waals surface area contributed by atoms with E-state index in [1.807, 2.05) is 0 Å². The molecule has 1 spiro atoms. The Kier molecular flexibility index (Phi) is 2.61. The second-order valence-electron chi connectivity index (χ2n) is 5.48. The van der Waals surface area contributed by atoms with E-state index < -0.39 is 0 Å². The molecule has 1 heterocycles. The molecule has 0 aromatic rings. The van der Waals surface area contributed by atoms with Crippen molar-refractivity contribution in [3.8, 4) is 0 Å². The van der Waals surface area contributed by atoms with Crippen molar-refractivity contribution in [1.29, 1.82) is 0 Å². The maximum absolute atomic E-state index is 11.4. The van der Waals surface area contributed by atoms with Crippen LogP contribution in [0.4, 0.5) is 0 Å². The first-order valence-electron chi connectivity index (χ1n) is 5.90. The quantitative estimate of drug-likeness (QED) is 0.390. The molecule has 16 heavy (non-hydrogen) atoms. The summed E-state index contributed by atoms with van der Waals surface area (Å²) in [7, 11) is 1.41. The topological polar surface area (TPSA) is 38.8 Å². The lowest BCUT2D eigenvalue weighted by molar-refractivity contribution is -0.135. The second kappa shape index (κ2) is 3.59. The van der Waals surface area contributed by atoms with E-state index in [1.54, 1.807) is 6.08 Å². The molecule has 2 rings (SSSR count). The van der Waals surface area contributed by atoms with E-state index in [2.05, 4.69) is 20.8 Å². The molecule has 3 heteroatoms. The Labute approximate surface area is 96.8 Å². The number of carbonyl (C=O) groups excluding carboxylic acids is 1. The van der Waals surface area contributed by atoms with Crippen LogP contribution in [0.25, 0.3) is 0 Å². The van der Waals surface area contributed by atoms with Gasteiger partial charge in [0.1, 0.15) is 5.60 Å². The highest BCUT2D eigenvalue weighted by atomic mass is 16.6. The van der Waals surface area contributed by atoms with Crippen molar-refractivity contribution in [2.45, 2.75) is 51.2 Å². The van der Waals surface area contributed by atoms with E-state index in [-0.39, 0.29) is 17.2 Å². The maximum atomic E-state index is 11.4. The zero-order valence-corrected chi connectivity index (χ0v) is 10.5. The molecule has 1 aliphatic heterocycles. The molecule has 3 nitrogen and oxygen atoms in total. The minimum atomic E-state index is -0.269. The summed E-state index contributed by atoms with van der Waals surface area (Å²) in [6, 6.07) is 0. The summed E-state index contributed by atoms with van der Waals surface area (Å²) in [5, 5.41) is 0. The summed E-state index contributed by atoms with van der Waals surface area (Å²) in [6.07, 6.45) is 4.76. The highest BCUT2D eigenvalue weighted by Gasteiger charge is 2.66. The Morgan fingerprint density at radius 3 is 2.69 bits per heavy atom. The molecular weight excluding hydrogens is 204 g/mol. The van der Waals surface area contributed by atoms with Gasteiger partial charge in [-0.15, -0.1) is 0 Å². The largest absolute Gasteiger partial charge is 0.466 e. The molecule has 1 saturated heterocycles. The van der Waals surface area contributed by atoms with E-state index in [9.17, 15) is 4.79 Å². The first-order chi connectivity index (χ1) is 7.41. The van der Waals surface area contributed by atoms with Crippen molar-refractivity contribution in [3.63, 3.8) is 0 Å². The number of rotatable bonds is 1. The minimum absolute atomic E-state index is 0.118. The van der Waals surface area contributed by atoms with Crippen LogP contribution in [-0.2, 0) is 14.3 Å². The zero-order chi connectivity index (χ0) is 12.0.